The van der Waals surface area contributed by atoms with Gasteiger partial charge in [0.25, 0.3) is 0 Å². The maximum absolute atomic E-state index is 11.2. The van der Waals surface area contributed by atoms with Gasteiger partial charge in [-0.05, 0) is 51.2 Å². The van der Waals surface area contributed by atoms with Gasteiger partial charge in [0.15, 0.2) is 0 Å². The molecule has 3 N–H and O–H groups in total. The van der Waals surface area contributed by atoms with E-state index < -0.39 is 5.97 Å². The van der Waals surface area contributed by atoms with Crippen LogP contribution < -0.4 is 5.73 Å². The van der Waals surface area contributed by atoms with Crippen molar-refractivity contribution in [3.05, 3.63) is 0 Å². The van der Waals surface area contributed by atoms with Crippen molar-refractivity contribution in [3.63, 3.8) is 0 Å². The highest BCUT2D eigenvalue weighted by molar-refractivity contribution is 5.73. The molecule has 0 aromatic heterocycles. The van der Waals surface area contributed by atoms with E-state index in [9.17, 15) is 9.90 Å². The summed E-state index contributed by atoms with van der Waals surface area (Å²) < 4.78 is 0. The molecule has 0 amide bonds. The smallest absolute Gasteiger partial charge is 0.320 e. The van der Waals surface area contributed by atoms with E-state index in [2.05, 4.69) is 11.8 Å². The lowest BCUT2D eigenvalue weighted by atomic mass is 9.98. The van der Waals surface area contributed by atoms with E-state index in [1.54, 1.807) is 0 Å². The van der Waals surface area contributed by atoms with Gasteiger partial charge in [0.05, 0.1) is 0 Å². The molecular formula is C12H24N2O2. The Morgan fingerprint density at radius 3 is 2.81 bits per heavy atom. The number of rotatable bonds is 5. The van der Waals surface area contributed by atoms with Crippen molar-refractivity contribution in [1.29, 1.82) is 0 Å². The third-order valence-electron chi connectivity index (χ3n) is 3.63. The monoisotopic (exact) mass is 228 g/mol. The van der Waals surface area contributed by atoms with Crippen LogP contribution in [-0.2, 0) is 4.79 Å². The highest BCUT2D eigenvalue weighted by Gasteiger charge is 2.26. The molecule has 1 aliphatic rings. The van der Waals surface area contributed by atoms with Gasteiger partial charge >= 0.3 is 5.97 Å². The molecule has 0 aromatic rings. The van der Waals surface area contributed by atoms with Crippen molar-refractivity contribution in [2.45, 2.75) is 45.1 Å². The number of hydrogen-bond acceptors (Lipinski definition) is 3. The van der Waals surface area contributed by atoms with Crippen molar-refractivity contribution in [1.82, 2.24) is 4.90 Å². The normalized spacial score (nSPS) is 25.0. The molecule has 0 aliphatic carbocycles. The zero-order chi connectivity index (χ0) is 12.0. The van der Waals surface area contributed by atoms with E-state index in [4.69, 9.17) is 5.73 Å². The fourth-order valence-electron chi connectivity index (χ4n) is 2.53. The molecule has 94 valence electrons. The van der Waals surface area contributed by atoms with Crippen LogP contribution in [0.2, 0.25) is 0 Å². The number of carboxylic acids is 1. The molecule has 0 saturated carbocycles. The Morgan fingerprint density at radius 2 is 2.25 bits per heavy atom. The SMILES string of the molecule is CCC1CCCN(C(CCN)C(=O)O)CC1. The highest BCUT2D eigenvalue weighted by atomic mass is 16.4. The van der Waals surface area contributed by atoms with Crippen LogP contribution in [0.5, 0.6) is 0 Å². The summed E-state index contributed by atoms with van der Waals surface area (Å²) in [5.74, 6) is 0.0534. The van der Waals surface area contributed by atoms with E-state index in [1.165, 1.54) is 12.8 Å². The topological polar surface area (TPSA) is 66.6 Å². The van der Waals surface area contributed by atoms with E-state index >= 15 is 0 Å². The summed E-state index contributed by atoms with van der Waals surface area (Å²) in [5, 5.41) is 9.17. The number of hydrogen-bond donors (Lipinski definition) is 2. The fourth-order valence-corrected chi connectivity index (χ4v) is 2.53. The summed E-state index contributed by atoms with van der Waals surface area (Å²) >= 11 is 0. The van der Waals surface area contributed by atoms with Crippen molar-refractivity contribution in [2.75, 3.05) is 19.6 Å². The third kappa shape index (κ3) is 3.76. The van der Waals surface area contributed by atoms with Crippen LogP contribution in [-0.4, -0.2) is 41.7 Å². The molecule has 0 radical (unpaired) electrons. The number of aliphatic carboxylic acids is 1. The predicted molar refractivity (Wildman–Crippen MR) is 64.3 cm³/mol. The van der Waals surface area contributed by atoms with Gasteiger partial charge in [-0.25, -0.2) is 0 Å². The molecule has 1 heterocycles. The summed E-state index contributed by atoms with van der Waals surface area (Å²) in [6, 6.07) is -0.374. The maximum atomic E-state index is 11.2. The molecule has 1 fully saturated rings. The lowest BCUT2D eigenvalue weighted by Gasteiger charge is -2.27. The summed E-state index contributed by atoms with van der Waals surface area (Å²) in [6.07, 6.45) is 5.26. The first-order chi connectivity index (χ1) is 7.69. The first-order valence-electron chi connectivity index (χ1n) is 6.36. The van der Waals surface area contributed by atoms with Crippen LogP contribution in [0, 0.1) is 5.92 Å². The lowest BCUT2D eigenvalue weighted by Crippen LogP contribution is -2.43. The van der Waals surface area contributed by atoms with Crippen LogP contribution in [0.1, 0.15) is 39.0 Å². The largest absolute Gasteiger partial charge is 0.480 e. The molecular weight excluding hydrogens is 204 g/mol. The minimum absolute atomic E-state index is 0.374. The Bertz CT molecular complexity index is 221. The van der Waals surface area contributed by atoms with Gasteiger partial charge in [-0.2, -0.15) is 0 Å². The molecule has 4 heteroatoms. The van der Waals surface area contributed by atoms with Crippen LogP contribution in [0.4, 0.5) is 0 Å². The van der Waals surface area contributed by atoms with Gasteiger partial charge in [-0.15, -0.1) is 0 Å². The Labute approximate surface area is 97.8 Å². The van der Waals surface area contributed by atoms with Crippen LogP contribution in [0.3, 0.4) is 0 Å². The Hall–Kier alpha value is -0.610. The molecule has 2 atom stereocenters. The predicted octanol–water partition coefficient (Wildman–Crippen LogP) is 1.30. The van der Waals surface area contributed by atoms with E-state index in [1.807, 2.05) is 0 Å². The molecule has 2 unspecified atom stereocenters. The first-order valence-corrected chi connectivity index (χ1v) is 6.36. The highest BCUT2D eigenvalue weighted by Crippen LogP contribution is 2.22. The molecule has 4 nitrogen and oxygen atoms in total. The zero-order valence-electron chi connectivity index (χ0n) is 10.2. The quantitative estimate of drug-likeness (QED) is 0.744. The first kappa shape index (κ1) is 13.5. The van der Waals surface area contributed by atoms with Crippen LogP contribution >= 0.6 is 0 Å². The summed E-state index contributed by atoms with van der Waals surface area (Å²) in [5.41, 5.74) is 5.48. The van der Waals surface area contributed by atoms with E-state index in [-0.39, 0.29) is 6.04 Å². The second-order valence-corrected chi connectivity index (χ2v) is 4.67. The minimum Gasteiger partial charge on any atom is -0.480 e. The van der Waals surface area contributed by atoms with Gasteiger partial charge < -0.3 is 10.8 Å². The Kier molecular flexibility index (Phi) is 5.77. The molecule has 16 heavy (non-hydrogen) atoms. The van der Waals surface area contributed by atoms with Crippen molar-refractivity contribution < 1.29 is 9.90 Å². The maximum Gasteiger partial charge on any atom is 0.320 e. The Balaban J connectivity index is 2.53. The van der Waals surface area contributed by atoms with E-state index in [0.717, 1.165) is 31.8 Å². The number of likely N-dealkylation sites (tertiary alicyclic amines) is 1. The number of nitrogens with two attached hydrogens (primary N) is 1. The number of nitrogens with zero attached hydrogens (tertiary/aromatic N) is 1. The Morgan fingerprint density at radius 1 is 1.50 bits per heavy atom. The molecule has 1 saturated heterocycles. The molecule has 1 rings (SSSR count). The van der Waals surface area contributed by atoms with Crippen LogP contribution in [0.25, 0.3) is 0 Å². The van der Waals surface area contributed by atoms with E-state index in [0.29, 0.717) is 13.0 Å². The third-order valence-corrected chi connectivity index (χ3v) is 3.63. The number of carbonyl (C=O) groups is 1. The average molecular weight is 228 g/mol. The summed E-state index contributed by atoms with van der Waals surface area (Å²) in [4.78, 5) is 13.3. The molecule has 1 aliphatic heterocycles. The minimum atomic E-state index is -0.722. The number of carboxylic acid groups (broad SMARTS) is 1. The van der Waals surface area contributed by atoms with Gasteiger partial charge in [-0.3, -0.25) is 9.69 Å². The summed E-state index contributed by atoms with van der Waals surface area (Å²) in [6.45, 7) is 4.49. The van der Waals surface area contributed by atoms with Gasteiger partial charge in [0, 0.05) is 0 Å². The lowest BCUT2D eigenvalue weighted by molar-refractivity contribution is -0.143. The average Bonchev–Trinajstić information content (AvgIpc) is 2.50. The molecule has 0 spiro atoms. The van der Waals surface area contributed by atoms with Crippen molar-refractivity contribution in [2.24, 2.45) is 11.7 Å². The second-order valence-electron chi connectivity index (χ2n) is 4.67. The van der Waals surface area contributed by atoms with Gasteiger partial charge in [0.2, 0.25) is 0 Å². The van der Waals surface area contributed by atoms with Gasteiger partial charge in [0.1, 0.15) is 6.04 Å². The molecule has 0 bridgehead atoms. The van der Waals surface area contributed by atoms with Crippen LogP contribution in [0.15, 0.2) is 0 Å². The second kappa shape index (κ2) is 6.86. The van der Waals surface area contributed by atoms with Gasteiger partial charge in [-0.1, -0.05) is 13.3 Å². The standard InChI is InChI=1S/C12H24N2O2/c1-2-10-4-3-8-14(9-6-10)11(5-7-13)12(15)16/h10-11H,2-9,13H2,1H3,(H,15,16). The van der Waals surface area contributed by atoms with Crippen molar-refractivity contribution in [3.8, 4) is 0 Å². The summed E-state index contributed by atoms with van der Waals surface area (Å²) in [7, 11) is 0. The fraction of sp³-hybridized carbons (Fsp3) is 0.917. The van der Waals surface area contributed by atoms with Crippen molar-refractivity contribution >= 4 is 5.97 Å². The zero-order valence-corrected chi connectivity index (χ0v) is 10.2. The molecule has 0 aromatic carbocycles.